The Morgan fingerprint density at radius 1 is 1.18 bits per heavy atom. The van der Waals surface area contributed by atoms with Gasteiger partial charge in [0.15, 0.2) is 5.69 Å². The lowest BCUT2D eigenvalue weighted by Crippen LogP contribution is -2.18. The van der Waals surface area contributed by atoms with Gasteiger partial charge in [-0.25, -0.2) is 5.43 Å². The van der Waals surface area contributed by atoms with Crippen LogP contribution in [0.4, 0.5) is 0 Å². The molecule has 0 aliphatic rings. The number of aromatic nitrogens is 2. The summed E-state index contributed by atoms with van der Waals surface area (Å²) < 4.78 is 12.1. The van der Waals surface area contributed by atoms with Gasteiger partial charge < -0.3 is 9.47 Å². The number of carbonyl (C=O) groups is 1. The van der Waals surface area contributed by atoms with Gasteiger partial charge in [0.25, 0.3) is 5.91 Å². The van der Waals surface area contributed by atoms with E-state index >= 15 is 0 Å². The van der Waals surface area contributed by atoms with Crippen LogP contribution in [-0.2, 0) is 6.54 Å². The van der Waals surface area contributed by atoms with Crippen molar-refractivity contribution < 1.29 is 14.3 Å². The Kier molecular flexibility index (Phi) is 6.29. The van der Waals surface area contributed by atoms with Crippen LogP contribution in [0.3, 0.4) is 0 Å². The van der Waals surface area contributed by atoms with Gasteiger partial charge in [0.1, 0.15) is 11.5 Å². The van der Waals surface area contributed by atoms with Crippen molar-refractivity contribution in [2.75, 3.05) is 14.2 Å². The van der Waals surface area contributed by atoms with Crippen LogP contribution in [0.5, 0.6) is 11.5 Å². The highest BCUT2D eigenvalue weighted by Gasteiger charge is 2.09. The van der Waals surface area contributed by atoms with E-state index in [2.05, 4.69) is 15.6 Å². The zero-order valence-electron chi connectivity index (χ0n) is 15.4. The number of hydrogen-bond acceptors (Lipinski definition) is 5. The number of halogens is 1. The Bertz CT molecular complexity index is 983. The number of ether oxygens (including phenoxy) is 2. The van der Waals surface area contributed by atoms with E-state index in [0.29, 0.717) is 28.6 Å². The summed E-state index contributed by atoms with van der Waals surface area (Å²) in [7, 11) is 3.13. The molecule has 0 aliphatic heterocycles. The van der Waals surface area contributed by atoms with E-state index in [1.807, 2.05) is 24.3 Å². The molecule has 0 unspecified atom stereocenters. The molecule has 0 saturated carbocycles. The van der Waals surface area contributed by atoms with E-state index < -0.39 is 5.91 Å². The first-order valence-electron chi connectivity index (χ1n) is 8.42. The number of nitrogens with zero attached hydrogens (tertiary/aromatic N) is 3. The molecule has 1 amide bonds. The van der Waals surface area contributed by atoms with Crippen molar-refractivity contribution in [3.05, 3.63) is 76.6 Å². The summed E-state index contributed by atoms with van der Waals surface area (Å²) >= 11 is 5.89. The van der Waals surface area contributed by atoms with Crippen LogP contribution in [0.1, 0.15) is 21.6 Å². The zero-order valence-corrected chi connectivity index (χ0v) is 16.2. The molecule has 0 spiro atoms. The normalized spacial score (nSPS) is 10.8. The van der Waals surface area contributed by atoms with E-state index in [0.717, 1.165) is 5.56 Å². The second-order valence-corrected chi connectivity index (χ2v) is 6.27. The lowest BCUT2D eigenvalue weighted by Gasteiger charge is -2.06. The minimum absolute atomic E-state index is 0.267. The fourth-order valence-corrected chi connectivity index (χ4v) is 2.63. The van der Waals surface area contributed by atoms with Gasteiger partial charge in [-0.1, -0.05) is 23.7 Å². The fourth-order valence-electron chi connectivity index (χ4n) is 2.51. The van der Waals surface area contributed by atoms with Crippen molar-refractivity contribution in [1.29, 1.82) is 0 Å². The van der Waals surface area contributed by atoms with Crippen LogP contribution in [0, 0.1) is 0 Å². The highest BCUT2D eigenvalue weighted by atomic mass is 35.5. The second-order valence-electron chi connectivity index (χ2n) is 5.83. The van der Waals surface area contributed by atoms with Crippen molar-refractivity contribution in [2.45, 2.75) is 6.54 Å². The molecule has 3 aromatic rings. The Morgan fingerprint density at radius 3 is 2.68 bits per heavy atom. The summed E-state index contributed by atoms with van der Waals surface area (Å²) in [6.07, 6.45) is 3.22. The molecule has 0 aliphatic carbocycles. The van der Waals surface area contributed by atoms with Gasteiger partial charge in [-0.2, -0.15) is 10.2 Å². The first-order valence-corrected chi connectivity index (χ1v) is 8.80. The average molecular weight is 399 g/mol. The predicted octanol–water partition coefficient (Wildman–Crippen LogP) is 3.37. The molecular formula is C20H19ClN4O3. The maximum Gasteiger partial charge on any atom is 0.291 e. The number of amides is 1. The number of carbonyl (C=O) groups excluding carboxylic acids is 1. The van der Waals surface area contributed by atoms with Crippen LogP contribution in [0.15, 0.2) is 59.8 Å². The maximum atomic E-state index is 12.2. The van der Waals surface area contributed by atoms with Gasteiger partial charge in [0, 0.05) is 16.8 Å². The van der Waals surface area contributed by atoms with Gasteiger partial charge in [0.2, 0.25) is 0 Å². The molecule has 1 N–H and O–H groups in total. The van der Waals surface area contributed by atoms with E-state index in [-0.39, 0.29) is 5.69 Å². The summed E-state index contributed by atoms with van der Waals surface area (Å²) in [5.74, 6) is 0.869. The van der Waals surface area contributed by atoms with Crippen LogP contribution in [-0.4, -0.2) is 36.1 Å². The predicted molar refractivity (Wildman–Crippen MR) is 107 cm³/mol. The van der Waals surface area contributed by atoms with E-state index in [1.165, 1.54) is 6.21 Å². The zero-order chi connectivity index (χ0) is 19.9. The highest BCUT2D eigenvalue weighted by Crippen LogP contribution is 2.22. The molecular weight excluding hydrogens is 380 g/mol. The Balaban J connectivity index is 1.63. The molecule has 0 atom stereocenters. The summed E-state index contributed by atoms with van der Waals surface area (Å²) in [5.41, 5.74) is 4.44. The molecule has 8 heteroatoms. The highest BCUT2D eigenvalue weighted by molar-refractivity contribution is 6.30. The van der Waals surface area contributed by atoms with Crippen LogP contribution in [0.2, 0.25) is 5.02 Å². The lowest BCUT2D eigenvalue weighted by molar-refractivity contribution is 0.0949. The molecule has 28 heavy (non-hydrogen) atoms. The van der Waals surface area contributed by atoms with Gasteiger partial charge in [-0.15, -0.1) is 0 Å². The molecule has 0 saturated heterocycles. The third kappa shape index (κ3) is 4.89. The fraction of sp³-hybridized carbons (Fsp3) is 0.150. The molecule has 0 bridgehead atoms. The third-order valence-electron chi connectivity index (χ3n) is 3.94. The first-order chi connectivity index (χ1) is 13.6. The molecule has 3 rings (SSSR count). The minimum atomic E-state index is -0.409. The number of nitrogens with one attached hydrogen (secondary N) is 1. The molecule has 2 aromatic carbocycles. The Morgan fingerprint density at radius 2 is 1.96 bits per heavy atom. The van der Waals surface area contributed by atoms with Crippen molar-refractivity contribution in [1.82, 2.24) is 15.2 Å². The lowest BCUT2D eigenvalue weighted by atomic mass is 10.2. The SMILES string of the molecule is COc1ccc(OC)c(C=NNC(=O)c2ccn(Cc3ccc(Cl)cc3)n2)c1. The van der Waals surface area contributed by atoms with Crippen molar-refractivity contribution in [3.8, 4) is 11.5 Å². The monoisotopic (exact) mass is 398 g/mol. The molecule has 7 nitrogen and oxygen atoms in total. The van der Waals surface area contributed by atoms with Gasteiger partial charge in [-0.05, 0) is 42.0 Å². The number of hydrogen-bond donors (Lipinski definition) is 1. The van der Waals surface area contributed by atoms with E-state index in [1.54, 1.807) is 49.4 Å². The van der Waals surface area contributed by atoms with Gasteiger partial charge in [0.05, 0.1) is 27.0 Å². The molecule has 144 valence electrons. The minimum Gasteiger partial charge on any atom is -0.497 e. The van der Waals surface area contributed by atoms with Crippen LogP contribution in [0.25, 0.3) is 0 Å². The summed E-state index contributed by atoms with van der Waals surface area (Å²) in [6.45, 7) is 0.536. The Hall–Kier alpha value is -3.32. The Labute approximate surface area is 167 Å². The summed E-state index contributed by atoms with van der Waals surface area (Å²) in [4.78, 5) is 12.2. The van der Waals surface area contributed by atoms with E-state index in [9.17, 15) is 4.79 Å². The number of rotatable bonds is 7. The molecule has 1 heterocycles. The topological polar surface area (TPSA) is 77.7 Å². The molecule has 0 fully saturated rings. The average Bonchev–Trinajstić information content (AvgIpc) is 3.18. The first kappa shape index (κ1) is 19.4. The van der Waals surface area contributed by atoms with Crippen molar-refractivity contribution >= 4 is 23.7 Å². The van der Waals surface area contributed by atoms with Gasteiger partial charge >= 0.3 is 0 Å². The third-order valence-corrected chi connectivity index (χ3v) is 4.19. The smallest absolute Gasteiger partial charge is 0.291 e. The van der Waals surface area contributed by atoms with Gasteiger partial charge in [-0.3, -0.25) is 9.48 Å². The number of hydrazone groups is 1. The second kappa shape index (κ2) is 9.05. The summed E-state index contributed by atoms with van der Waals surface area (Å²) in [6, 6.07) is 14.4. The molecule has 0 radical (unpaired) electrons. The largest absolute Gasteiger partial charge is 0.497 e. The van der Waals surface area contributed by atoms with Crippen LogP contribution >= 0.6 is 11.6 Å². The van der Waals surface area contributed by atoms with E-state index in [4.69, 9.17) is 21.1 Å². The van der Waals surface area contributed by atoms with Crippen LogP contribution < -0.4 is 14.9 Å². The standard InChI is InChI=1S/C20H19ClN4O3/c1-27-17-7-8-19(28-2)15(11-17)12-22-23-20(26)18-9-10-25(24-18)13-14-3-5-16(21)6-4-14/h3-12H,13H2,1-2H3,(H,23,26). The molecule has 1 aromatic heterocycles. The van der Waals surface area contributed by atoms with Crippen molar-refractivity contribution in [2.24, 2.45) is 5.10 Å². The maximum absolute atomic E-state index is 12.2. The quantitative estimate of drug-likeness (QED) is 0.489. The van der Waals surface area contributed by atoms with Crippen molar-refractivity contribution in [3.63, 3.8) is 0 Å². The number of methoxy groups -OCH3 is 2. The number of benzene rings is 2. The summed E-state index contributed by atoms with van der Waals surface area (Å²) in [5, 5.41) is 8.92.